The lowest BCUT2D eigenvalue weighted by atomic mass is 9.89. The quantitative estimate of drug-likeness (QED) is 0.749. The summed E-state index contributed by atoms with van der Waals surface area (Å²) >= 11 is 0. The summed E-state index contributed by atoms with van der Waals surface area (Å²) in [7, 11) is 0. The summed E-state index contributed by atoms with van der Waals surface area (Å²) in [5.74, 6) is 0.856. The Hall–Kier alpha value is -0.0800. The van der Waals surface area contributed by atoms with E-state index in [1.807, 2.05) is 0 Å². The van der Waals surface area contributed by atoms with Crippen LogP contribution in [0.2, 0.25) is 0 Å². The molecule has 1 aliphatic heterocycles. The predicted molar refractivity (Wildman–Crippen MR) is 71.8 cm³/mol. The van der Waals surface area contributed by atoms with Gasteiger partial charge in [0, 0.05) is 31.7 Å². The zero-order valence-corrected chi connectivity index (χ0v) is 11.7. The molecule has 0 aliphatic carbocycles. The normalized spacial score (nSPS) is 23.2. The van der Waals surface area contributed by atoms with Crippen molar-refractivity contribution >= 4 is 0 Å². The largest absolute Gasteiger partial charge is 0.309 e. The van der Waals surface area contributed by atoms with Gasteiger partial charge < -0.3 is 5.32 Å². The molecule has 1 N–H and O–H groups in total. The van der Waals surface area contributed by atoms with Crippen molar-refractivity contribution in [2.45, 2.75) is 58.9 Å². The average molecular weight is 226 g/mol. The molecular formula is C14H30N2. The maximum atomic E-state index is 3.73. The van der Waals surface area contributed by atoms with E-state index < -0.39 is 0 Å². The first-order valence-corrected chi connectivity index (χ1v) is 7.13. The Morgan fingerprint density at radius 2 is 1.94 bits per heavy atom. The molecular weight excluding hydrogens is 196 g/mol. The molecule has 0 bridgehead atoms. The van der Waals surface area contributed by atoms with Gasteiger partial charge >= 0.3 is 0 Å². The molecule has 1 saturated heterocycles. The van der Waals surface area contributed by atoms with E-state index in [0.29, 0.717) is 5.54 Å². The topological polar surface area (TPSA) is 15.3 Å². The van der Waals surface area contributed by atoms with Crippen molar-refractivity contribution in [2.24, 2.45) is 5.92 Å². The van der Waals surface area contributed by atoms with E-state index >= 15 is 0 Å². The third kappa shape index (κ3) is 3.74. The number of nitrogens with one attached hydrogen (secondary N) is 1. The molecule has 0 amide bonds. The van der Waals surface area contributed by atoms with Gasteiger partial charge in [-0.3, -0.25) is 4.90 Å². The summed E-state index contributed by atoms with van der Waals surface area (Å²) in [5.41, 5.74) is 0.393. The summed E-state index contributed by atoms with van der Waals surface area (Å²) < 4.78 is 0. The zero-order valence-electron chi connectivity index (χ0n) is 11.7. The van der Waals surface area contributed by atoms with E-state index in [4.69, 9.17) is 0 Å². The monoisotopic (exact) mass is 226 g/mol. The first kappa shape index (κ1) is 14.0. The molecule has 1 atom stereocenters. The van der Waals surface area contributed by atoms with Crippen LogP contribution in [0.4, 0.5) is 0 Å². The highest BCUT2D eigenvalue weighted by Gasteiger charge is 2.31. The van der Waals surface area contributed by atoms with Gasteiger partial charge in [-0.2, -0.15) is 0 Å². The van der Waals surface area contributed by atoms with Crippen LogP contribution in [0, 0.1) is 5.92 Å². The van der Waals surface area contributed by atoms with E-state index in [1.165, 1.54) is 51.9 Å². The summed E-state index contributed by atoms with van der Waals surface area (Å²) in [6, 6.07) is 0. The predicted octanol–water partition coefficient (Wildman–Crippen LogP) is 2.89. The van der Waals surface area contributed by atoms with E-state index in [1.54, 1.807) is 0 Å². The van der Waals surface area contributed by atoms with Gasteiger partial charge in [0.15, 0.2) is 0 Å². The van der Waals surface area contributed by atoms with Gasteiger partial charge in [-0.15, -0.1) is 0 Å². The summed E-state index contributed by atoms with van der Waals surface area (Å²) in [5, 5.41) is 3.73. The van der Waals surface area contributed by atoms with Gasteiger partial charge in [0.2, 0.25) is 0 Å². The summed E-state index contributed by atoms with van der Waals surface area (Å²) in [6.45, 7) is 14.2. The van der Waals surface area contributed by atoms with Crippen LogP contribution in [0.15, 0.2) is 0 Å². The molecule has 2 heteroatoms. The van der Waals surface area contributed by atoms with Crippen LogP contribution in [0.3, 0.4) is 0 Å². The van der Waals surface area contributed by atoms with Crippen LogP contribution in [-0.4, -0.2) is 36.6 Å². The number of nitrogens with zero attached hydrogens (tertiary/aromatic N) is 1. The summed E-state index contributed by atoms with van der Waals surface area (Å²) in [6.07, 6.45) is 5.19. The van der Waals surface area contributed by atoms with Gasteiger partial charge in [0.1, 0.15) is 0 Å². The number of rotatable bonds is 6. The Kier molecular flexibility index (Phi) is 5.77. The van der Waals surface area contributed by atoms with Crippen molar-refractivity contribution in [3.05, 3.63) is 0 Å². The second kappa shape index (κ2) is 6.61. The van der Waals surface area contributed by atoms with Crippen molar-refractivity contribution < 1.29 is 0 Å². The van der Waals surface area contributed by atoms with Crippen LogP contribution >= 0.6 is 0 Å². The highest BCUT2D eigenvalue weighted by Crippen LogP contribution is 2.21. The SMILES string of the molecule is CCCC(C)CN1CCNC(CC)(CC)C1. The minimum absolute atomic E-state index is 0.393. The van der Waals surface area contributed by atoms with Crippen molar-refractivity contribution in [1.29, 1.82) is 0 Å². The fourth-order valence-electron chi connectivity index (χ4n) is 2.95. The average Bonchev–Trinajstić information content (AvgIpc) is 2.29. The Morgan fingerprint density at radius 1 is 1.25 bits per heavy atom. The molecule has 0 saturated carbocycles. The van der Waals surface area contributed by atoms with Crippen LogP contribution in [0.5, 0.6) is 0 Å². The smallest absolute Gasteiger partial charge is 0.0304 e. The molecule has 2 nitrogen and oxygen atoms in total. The lowest BCUT2D eigenvalue weighted by molar-refractivity contribution is 0.109. The second-order valence-electron chi connectivity index (χ2n) is 5.54. The number of hydrogen-bond donors (Lipinski definition) is 1. The third-order valence-electron chi connectivity index (χ3n) is 4.16. The number of piperazine rings is 1. The molecule has 96 valence electrons. The van der Waals surface area contributed by atoms with E-state index in [0.717, 1.165) is 5.92 Å². The molecule has 0 aromatic rings. The molecule has 1 rings (SSSR count). The fourth-order valence-corrected chi connectivity index (χ4v) is 2.95. The maximum absolute atomic E-state index is 3.73. The molecule has 1 unspecified atom stereocenters. The van der Waals surface area contributed by atoms with E-state index in [-0.39, 0.29) is 0 Å². The minimum Gasteiger partial charge on any atom is -0.309 e. The molecule has 1 fully saturated rings. The van der Waals surface area contributed by atoms with Crippen molar-refractivity contribution in [2.75, 3.05) is 26.2 Å². The first-order chi connectivity index (χ1) is 7.65. The van der Waals surface area contributed by atoms with Crippen LogP contribution < -0.4 is 5.32 Å². The number of hydrogen-bond acceptors (Lipinski definition) is 2. The Balaban J connectivity index is 2.43. The Labute approximate surface area is 102 Å². The van der Waals surface area contributed by atoms with Gasteiger partial charge in [0.05, 0.1) is 0 Å². The molecule has 0 aromatic heterocycles. The van der Waals surface area contributed by atoms with Crippen molar-refractivity contribution in [1.82, 2.24) is 10.2 Å². The second-order valence-corrected chi connectivity index (χ2v) is 5.54. The first-order valence-electron chi connectivity index (χ1n) is 7.13. The van der Waals surface area contributed by atoms with Gasteiger partial charge in [-0.1, -0.05) is 34.1 Å². The standard InChI is InChI=1S/C14H30N2/c1-5-8-13(4)11-16-10-9-15-14(6-2,7-3)12-16/h13,15H,5-12H2,1-4H3. The third-order valence-corrected chi connectivity index (χ3v) is 4.16. The van der Waals surface area contributed by atoms with Gasteiger partial charge in [-0.05, 0) is 25.2 Å². The highest BCUT2D eigenvalue weighted by molar-refractivity contribution is 4.92. The minimum atomic E-state index is 0.393. The molecule has 16 heavy (non-hydrogen) atoms. The fraction of sp³-hybridized carbons (Fsp3) is 1.00. The van der Waals surface area contributed by atoms with Crippen molar-refractivity contribution in [3.63, 3.8) is 0 Å². The molecule has 0 radical (unpaired) electrons. The van der Waals surface area contributed by atoms with Gasteiger partial charge in [-0.25, -0.2) is 0 Å². The summed E-state index contributed by atoms with van der Waals surface area (Å²) in [4.78, 5) is 2.67. The van der Waals surface area contributed by atoms with Crippen LogP contribution in [-0.2, 0) is 0 Å². The highest BCUT2D eigenvalue weighted by atomic mass is 15.2. The Morgan fingerprint density at radius 3 is 2.50 bits per heavy atom. The zero-order chi connectivity index (χ0) is 12.0. The molecule has 1 aliphatic rings. The van der Waals surface area contributed by atoms with Crippen LogP contribution in [0.1, 0.15) is 53.4 Å². The van der Waals surface area contributed by atoms with E-state index in [2.05, 4.69) is 37.9 Å². The maximum Gasteiger partial charge on any atom is 0.0304 e. The molecule has 1 heterocycles. The van der Waals surface area contributed by atoms with Crippen LogP contribution in [0.25, 0.3) is 0 Å². The molecule has 0 aromatic carbocycles. The lowest BCUT2D eigenvalue weighted by Crippen LogP contribution is -2.60. The molecule has 0 spiro atoms. The lowest BCUT2D eigenvalue weighted by Gasteiger charge is -2.44. The Bertz CT molecular complexity index is 187. The van der Waals surface area contributed by atoms with Crippen molar-refractivity contribution in [3.8, 4) is 0 Å². The van der Waals surface area contributed by atoms with Gasteiger partial charge in [0.25, 0.3) is 0 Å². The van der Waals surface area contributed by atoms with E-state index in [9.17, 15) is 0 Å².